The first-order valence-electron chi connectivity index (χ1n) is 7.33. The largest absolute Gasteiger partial charge is 0.370 e. The van der Waals surface area contributed by atoms with Crippen LogP contribution in [-0.2, 0) is 0 Å². The number of anilines is 2. The van der Waals surface area contributed by atoms with E-state index in [4.69, 9.17) is 0 Å². The Bertz CT molecular complexity index is 478. The summed E-state index contributed by atoms with van der Waals surface area (Å²) in [5.74, 6) is 1.23. The maximum Gasteiger partial charge on any atom is 0.311 e. The van der Waals surface area contributed by atoms with E-state index in [1.807, 2.05) is 0 Å². The van der Waals surface area contributed by atoms with Crippen LogP contribution in [-0.4, -0.2) is 29.0 Å². The Labute approximate surface area is 119 Å². The highest BCUT2D eigenvalue weighted by Gasteiger charge is 2.30. The van der Waals surface area contributed by atoms with E-state index in [0.717, 1.165) is 38.8 Å². The third-order valence-electron chi connectivity index (χ3n) is 3.73. The summed E-state index contributed by atoms with van der Waals surface area (Å²) in [6, 6.07) is 3.61. The van der Waals surface area contributed by atoms with Crippen molar-refractivity contribution in [1.82, 2.24) is 4.98 Å². The zero-order valence-corrected chi connectivity index (χ0v) is 12.1. The number of nitrogens with one attached hydrogen (secondary N) is 1. The van der Waals surface area contributed by atoms with E-state index in [-0.39, 0.29) is 10.6 Å². The van der Waals surface area contributed by atoms with Crippen LogP contribution in [0.5, 0.6) is 0 Å². The van der Waals surface area contributed by atoms with E-state index in [1.54, 1.807) is 12.1 Å². The molecule has 0 saturated carbocycles. The summed E-state index contributed by atoms with van der Waals surface area (Å²) in [6.07, 6.45) is 4.15. The molecule has 0 amide bonds. The fraction of sp³-hybridized carbons (Fsp3) is 0.643. The molecule has 110 valence electrons. The second kappa shape index (κ2) is 6.54. The Balaban J connectivity index is 2.33. The van der Waals surface area contributed by atoms with Crippen molar-refractivity contribution in [2.75, 3.05) is 23.3 Å². The maximum absolute atomic E-state index is 11.2. The predicted octanol–water partition coefficient (Wildman–Crippen LogP) is 3.19. The molecule has 0 aliphatic carbocycles. The van der Waals surface area contributed by atoms with E-state index in [9.17, 15) is 10.1 Å². The fourth-order valence-corrected chi connectivity index (χ4v) is 2.69. The highest BCUT2D eigenvalue weighted by atomic mass is 16.6. The monoisotopic (exact) mass is 278 g/mol. The average molecular weight is 278 g/mol. The normalized spacial score (nSPS) is 18.3. The van der Waals surface area contributed by atoms with Crippen molar-refractivity contribution in [2.45, 2.75) is 45.6 Å². The molecular weight excluding hydrogens is 256 g/mol. The van der Waals surface area contributed by atoms with Crippen LogP contribution >= 0.6 is 0 Å². The summed E-state index contributed by atoms with van der Waals surface area (Å²) in [4.78, 5) is 17.5. The Morgan fingerprint density at radius 2 is 2.30 bits per heavy atom. The quantitative estimate of drug-likeness (QED) is 0.639. The van der Waals surface area contributed by atoms with Crippen molar-refractivity contribution in [2.24, 2.45) is 0 Å². The first-order chi connectivity index (χ1) is 9.67. The Hall–Kier alpha value is -1.85. The molecule has 1 aliphatic rings. The first-order valence-corrected chi connectivity index (χ1v) is 7.33. The third-order valence-corrected chi connectivity index (χ3v) is 3.73. The summed E-state index contributed by atoms with van der Waals surface area (Å²) in [5, 5.41) is 14.4. The molecule has 0 bridgehead atoms. The van der Waals surface area contributed by atoms with Crippen molar-refractivity contribution in [3.8, 4) is 0 Å². The molecule has 0 aromatic carbocycles. The molecular formula is C14H22N4O2. The van der Waals surface area contributed by atoms with Gasteiger partial charge >= 0.3 is 5.69 Å². The van der Waals surface area contributed by atoms with E-state index >= 15 is 0 Å². The molecule has 6 heteroatoms. The molecule has 0 radical (unpaired) electrons. The Morgan fingerprint density at radius 1 is 1.50 bits per heavy atom. The second-order valence-electron chi connectivity index (χ2n) is 5.12. The van der Waals surface area contributed by atoms with Crippen LogP contribution in [0.25, 0.3) is 0 Å². The smallest absolute Gasteiger partial charge is 0.311 e. The van der Waals surface area contributed by atoms with Gasteiger partial charge in [0.2, 0.25) is 5.82 Å². The molecule has 2 rings (SSSR count). The highest BCUT2D eigenvalue weighted by Crippen LogP contribution is 2.33. The maximum atomic E-state index is 11.2. The lowest BCUT2D eigenvalue weighted by molar-refractivity contribution is -0.384. The number of pyridine rings is 1. The van der Waals surface area contributed by atoms with Gasteiger partial charge in [-0.1, -0.05) is 13.8 Å². The average Bonchev–Trinajstić information content (AvgIpc) is 2.92. The number of rotatable bonds is 6. The molecule has 0 spiro atoms. The van der Waals surface area contributed by atoms with Crippen LogP contribution in [0, 0.1) is 10.1 Å². The molecule has 2 heterocycles. The van der Waals surface area contributed by atoms with Gasteiger partial charge in [-0.05, 0) is 31.7 Å². The number of hydrogen-bond donors (Lipinski definition) is 1. The minimum atomic E-state index is -0.336. The van der Waals surface area contributed by atoms with Crippen molar-refractivity contribution in [3.63, 3.8) is 0 Å². The minimum Gasteiger partial charge on any atom is -0.370 e. The molecule has 1 unspecified atom stereocenters. The second-order valence-corrected chi connectivity index (χ2v) is 5.12. The standard InChI is InChI=1S/C14H22N4O2/c1-3-9-15-13-8-7-12(18(19)20)14(16-13)17-10-5-6-11(17)4-2/h7-8,11H,3-6,9-10H2,1-2H3,(H,15,16). The van der Waals surface area contributed by atoms with Crippen LogP contribution in [0.2, 0.25) is 0 Å². The Morgan fingerprint density at radius 3 is 2.95 bits per heavy atom. The van der Waals surface area contributed by atoms with Gasteiger partial charge < -0.3 is 10.2 Å². The van der Waals surface area contributed by atoms with Gasteiger partial charge in [-0.15, -0.1) is 0 Å². The van der Waals surface area contributed by atoms with E-state index in [1.165, 1.54) is 0 Å². The lowest BCUT2D eigenvalue weighted by Crippen LogP contribution is -2.30. The highest BCUT2D eigenvalue weighted by molar-refractivity contribution is 5.62. The minimum absolute atomic E-state index is 0.104. The van der Waals surface area contributed by atoms with Gasteiger partial charge in [0.25, 0.3) is 0 Å². The zero-order valence-electron chi connectivity index (χ0n) is 12.1. The van der Waals surface area contributed by atoms with Gasteiger partial charge in [-0.3, -0.25) is 10.1 Å². The molecule has 1 aliphatic heterocycles. The van der Waals surface area contributed by atoms with Crippen LogP contribution in [0.4, 0.5) is 17.3 Å². The lowest BCUT2D eigenvalue weighted by Gasteiger charge is -2.24. The number of hydrogen-bond acceptors (Lipinski definition) is 5. The van der Waals surface area contributed by atoms with Crippen molar-refractivity contribution >= 4 is 17.3 Å². The fourth-order valence-electron chi connectivity index (χ4n) is 2.69. The summed E-state index contributed by atoms with van der Waals surface area (Å²) >= 11 is 0. The van der Waals surface area contributed by atoms with Gasteiger partial charge in [-0.2, -0.15) is 0 Å². The van der Waals surface area contributed by atoms with Gasteiger partial charge in [0.15, 0.2) is 0 Å². The Kier molecular flexibility index (Phi) is 4.76. The molecule has 1 atom stereocenters. The van der Waals surface area contributed by atoms with Gasteiger partial charge in [0, 0.05) is 25.2 Å². The van der Waals surface area contributed by atoms with E-state index in [0.29, 0.717) is 17.7 Å². The number of nitro groups is 1. The van der Waals surface area contributed by atoms with E-state index in [2.05, 4.69) is 29.0 Å². The topological polar surface area (TPSA) is 71.3 Å². The zero-order chi connectivity index (χ0) is 14.5. The van der Waals surface area contributed by atoms with Crippen LogP contribution in [0.3, 0.4) is 0 Å². The summed E-state index contributed by atoms with van der Waals surface area (Å²) in [5.41, 5.74) is 0.104. The molecule has 6 nitrogen and oxygen atoms in total. The summed E-state index contributed by atoms with van der Waals surface area (Å²) in [6.45, 7) is 5.87. The molecule has 1 aromatic heterocycles. The molecule has 1 aromatic rings. The first kappa shape index (κ1) is 14.6. The lowest BCUT2D eigenvalue weighted by atomic mass is 10.1. The van der Waals surface area contributed by atoms with Crippen LogP contribution in [0.1, 0.15) is 39.5 Å². The van der Waals surface area contributed by atoms with Crippen molar-refractivity contribution in [3.05, 3.63) is 22.2 Å². The summed E-state index contributed by atoms with van der Waals surface area (Å²) in [7, 11) is 0. The van der Waals surface area contributed by atoms with Crippen molar-refractivity contribution in [1.29, 1.82) is 0 Å². The van der Waals surface area contributed by atoms with Gasteiger partial charge in [0.05, 0.1) is 4.92 Å². The van der Waals surface area contributed by atoms with Gasteiger partial charge in [-0.25, -0.2) is 4.98 Å². The number of nitrogens with zero attached hydrogens (tertiary/aromatic N) is 3. The number of aromatic nitrogens is 1. The van der Waals surface area contributed by atoms with Gasteiger partial charge in [0.1, 0.15) is 5.82 Å². The van der Waals surface area contributed by atoms with E-state index < -0.39 is 0 Å². The van der Waals surface area contributed by atoms with Crippen LogP contribution in [0.15, 0.2) is 12.1 Å². The predicted molar refractivity (Wildman–Crippen MR) is 80.3 cm³/mol. The molecule has 1 saturated heterocycles. The van der Waals surface area contributed by atoms with Crippen molar-refractivity contribution < 1.29 is 4.92 Å². The molecule has 1 fully saturated rings. The molecule has 20 heavy (non-hydrogen) atoms. The summed E-state index contributed by atoms with van der Waals surface area (Å²) < 4.78 is 0. The third kappa shape index (κ3) is 3.00. The molecule has 1 N–H and O–H groups in total. The van der Waals surface area contributed by atoms with Crippen LogP contribution < -0.4 is 10.2 Å². The SMILES string of the molecule is CCCNc1ccc([N+](=O)[O-])c(N2CCCC2CC)n1.